The molecule has 16 rings (SSSR count). The van der Waals surface area contributed by atoms with Crippen molar-refractivity contribution in [2.45, 2.75) is 30.1 Å². The molecule has 0 heterocycles. The van der Waals surface area contributed by atoms with Crippen LogP contribution in [0.5, 0.6) is 0 Å². The summed E-state index contributed by atoms with van der Waals surface area (Å²) in [5.41, 5.74) is 30.3. The minimum absolute atomic E-state index is 0.210. The maximum atomic E-state index is 2.58. The fraction of sp³-hybridized carbons (Fsp3) is 0.0649. The van der Waals surface area contributed by atoms with Crippen molar-refractivity contribution in [2.24, 2.45) is 0 Å². The van der Waals surface area contributed by atoms with E-state index in [1.807, 2.05) is 0 Å². The van der Waals surface area contributed by atoms with Crippen molar-refractivity contribution in [3.8, 4) is 66.8 Å². The van der Waals surface area contributed by atoms with Gasteiger partial charge in [-0.05, 0) is 153 Å². The van der Waals surface area contributed by atoms with Crippen LogP contribution in [-0.4, -0.2) is 0 Å². The highest BCUT2D eigenvalue weighted by Gasteiger charge is 2.52. The van der Waals surface area contributed by atoms with Gasteiger partial charge in [0.1, 0.15) is 0 Å². The number of fused-ring (bicyclic) bond motifs is 16. The van der Waals surface area contributed by atoms with E-state index < -0.39 is 10.8 Å². The summed E-state index contributed by atoms with van der Waals surface area (Å²) < 4.78 is 0. The van der Waals surface area contributed by atoms with Crippen molar-refractivity contribution < 1.29 is 0 Å². The zero-order chi connectivity index (χ0) is 51.7. The zero-order valence-electron chi connectivity index (χ0n) is 43.6. The van der Waals surface area contributed by atoms with Gasteiger partial charge in [0.15, 0.2) is 0 Å². The van der Waals surface area contributed by atoms with Gasteiger partial charge in [0, 0.05) is 22.4 Å². The lowest BCUT2D eigenvalue weighted by Gasteiger charge is -2.35. The third-order valence-corrected chi connectivity index (χ3v) is 18.2. The Morgan fingerprint density at radius 2 is 0.615 bits per heavy atom. The predicted molar refractivity (Wildman–Crippen MR) is 323 cm³/mol. The summed E-state index contributed by atoms with van der Waals surface area (Å²) in [6, 6.07) is 108. The molecule has 1 nitrogen and oxygen atoms in total. The summed E-state index contributed by atoms with van der Waals surface area (Å²) in [6.07, 6.45) is 0. The largest absolute Gasteiger partial charge is 0.310 e. The molecule has 12 aromatic rings. The second-order valence-electron chi connectivity index (χ2n) is 22.2. The van der Waals surface area contributed by atoms with E-state index in [1.165, 1.54) is 111 Å². The van der Waals surface area contributed by atoms with Gasteiger partial charge in [-0.3, -0.25) is 0 Å². The first-order valence-corrected chi connectivity index (χ1v) is 27.5. The summed E-state index contributed by atoms with van der Waals surface area (Å²) in [4.78, 5) is 2.58. The van der Waals surface area contributed by atoms with Gasteiger partial charge in [0.25, 0.3) is 0 Å². The zero-order valence-corrected chi connectivity index (χ0v) is 43.6. The van der Waals surface area contributed by atoms with Crippen LogP contribution in [0.4, 0.5) is 17.1 Å². The highest BCUT2D eigenvalue weighted by atomic mass is 15.1. The summed E-state index contributed by atoms with van der Waals surface area (Å²) in [5, 5.41) is 0. The average Bonchev–Trinajstić information content (AvgIpc) is 3.49. The Kier molecular flexibility index (Phi) is 9.58. The fourth-order valence-electron chi connectivity index (χ4n) is 14.9. The van der Waals surface area contributed by atoms with Crippen LogP contribution in [0, 0.1) is 0 Å². The van der Waals surface area contributed by atoms with Gasteiger partial charge >= 0.3 is 0 Å². The van der Waals surface area contributed by atoms with E-state index in [0.29, 0.717) is 0 Å². The SMILES string of the molecule is CC1(C)c2ccccc2-c2ccc(N(c3ccc4c(c3)C(c3ccccc3)(c3ccccc3)c3ccccc3-4)c3cc(-c4ccccc4)ccc3-c3ccc4c(c3)-c3ccccc3C43c4ccccc4-c4ccccc43)cc21. The van der Waals surface area contributed by atoms with Gasteiger partial charge in [0.05, 0.1) is 16.5 Å². The molecule has 0 aromatic heterocycles. The molecule has 0 unspecified atom stereocenters. The van der Waals surface area contributed by atoms with E-state index in [2.05, 4.69) is 304 Å². The number of anilines is 3. The van der Waals surface area contributed by atoms with Crippen molar-refractivity contribution >= 4 is 17.1 Å². The molecule has 12 aromatic carbocycles. The monoisotopic (exact) mass is 991 g/mol. The molecule has 0 atom stereocenters. The topological polar surface area (TPSA) is 3.24 Å². The number of rotatable bonds is 7. The summed E-state index contributed by atoms with van der Waals surface area (Å²) in [6.45, 7) is 4.79. The fourth-order valence-corrected chi connectivity index (χ4v) is 14.9. The highest BCUT2D eigenvalue weighted by Crippen LogP contribution is 2.64. The minimum Gasteiger partial charge on any atom is -0.310 e. The molecule has 0 saturated carbocycles. The second-order valence-corrected chi connectivity index (χ2v) is 22.2. The predicted octanol–water partition coefficient (Wildman–Crippen LogP) is 19.5. The summed E-state index contributed by atoms with van der Waals surface area (Å²) >= 11 is 0. The molecule has 0 saturated heterocycles. The Morgan fingerprint density at radius 1 is 0.231 bits per heavy atom. The highest BCUT2D eigenvalue weighted by molar-refractivity contribution is 5.99. The lowest BCUT2D eigenvalue weighted by molar-refractivity contribution is 0.660. The number of hydrogen-bond donors (Lipinski definition) is 0. The van der Waals surface area contributed by atoms with Crippen molar-refractivity contribution in [3.63, 3.8) is 0 Å². The number of nitrogens with zero attached hydrogens (tertiary/aromatic N) is 1. The molecule has 4 aliphatic carbocycles. The molecule has 1 spiro atoms. The van der Waals surface area contributed by atoms with Crippen molar-refractivity contribution in [2.75, 3.05) is 4.90 Å². The molecule has 78 heavy (non-hydrogen) atoms. The van der Waals surface area contributed by atoms with Gasteiger partial charge in [0.2, 0.25) is 0 Å². The number of benzene rings is 12. The molecule has 0 bridgehead atoms. The first-order chi connectivity index (χ1) is 38.5. The van der Waals surface area contributed by atoms with Crippen LogP contribution >= 0.6 is 0 Å². The molecule has 366 valence electrons. The van der Waals surface area contributed by atoms with Crippen LogP contribution in [0.2, 0.25) is 0 Å². The third-order valence-electron chi connectivity index (χ3n) is 18.2. The Balaban J connectivity index is 0.977. The summed E-state index contributed by atoms with van der Waals surface area (Å²) in [5.74, 6) is 0. The van der Waals surface area contributed by atoms with Gasteiger partial charge in [-0.2, -0.15) is 0 Å². The molecule has 0 fully saturated rings. The lowest BCUT2D eigenvalue weighted by atomic mass is 9.67. The van der Waals surface area contributed by atoms with Crippen LogP contribution in [0.3, 0.4) is 0 Å². The molecule has 0 radical (unpaired) electrons. The standard InChI is InChI=1S/C77H53N/c1-75(2)66-33-17-12-28-58(66)63-43-40-55(48-72(63)75)78(56-41-44-64-61-31-13-18-34-67(61)76(73(64)49-56,53-24-8-4-9-25-53)54-26-10-5-11-27-54)74-47-51(50-22-6-3-7-23-50)38-42-57(74)52-39-45-71-65(46-52)62-32-16-21-37-70(62)77(71)68-35-19-14-29-59(68)60-30-15-20-36-69(60)77/h3-49H,1-2H3. The molecule has 0 amide bonds. The Hall–Kier alpha value is -9.56. The van der Waals surface area contributed by atoms with E-state index >= 15 is 0 Å². The molecule has 0 aliphatic heterocycles. The maximum absolute atomic E-state index is 2.58. The molecular weight excluding hydrogens is 939 g/mol. The summed E-state index contributed by atoms with van der Waals surface area (Å²) in [7, 11) is 0. The third kappa shape index (κ3) is 6.02. The van der Waals surface area contributed by atoms with Crippen LogP contribution in [0.1, 0.15) is 69.5 Å². The second kappa shape index (κ2) is 16.7. The molecular formula is C77H53N. The van der Waals surface area contributed by atoms with Crippen molar-refractivity contribution in [3.05, 3.63) is 341 Å². The van der Waals surface area contributed by atoms with Gasteiger partial charge in [-0.15, -0.1) is 0 Å². The first-order valence-electron chi connectivity index (χ1n) is 27.5. The maximum Gasteiger partial charge on any atom is 0.0725 e. The van der Waals surface area contributed by atoms with Crippen molar-refractivity contribution in [1.82, 2.24) is 0 Å². The van der Waals surface area contributed by atoms with E-state index in [-0.39, 0.29) is 5.41 Å². The molecule has 4 aliphatic rings. The Morgan fingerprint density at radius 3 is 1.17 bits per heavy atom. The van der Waals surface area contributed by atoms with Crippen LogP contribution in [0.25, 0.3) is 66.8 Å². The normalized spacial score (nSPS) is 14.6. The Labute approximate surface area is 457 Å². The van der Waals surface area contributed by atoms with Crippen LogP contribution < -0.4 is 4.90 Å². The van der Waals surface area contributed by atoms with Crippen LogP contribution in [0.15, 0.2) is 285 Å². The average molecular weight is 992 g/mol. The van der Waals surface area contributed by atoms with E-state index in [4.69, 9.17) is 0 Å². The Bertz CT molecular complexity index is 4330. The van der Waals surface area contributed by atoms with Gasteiger partial charge in [-0.25, -0.2) is 0 Å². The van der Waals surface area contributed by atoms with E-state index in [0.717, 1.165) is 28.2 Å². The van der Waals surface area contributed by atoms with Gasteiger partial charge < -0.3 is 4.90 Å². The quantitative estimate of drug-likeness (QED) is 0.154. The van der Waals surface area contributed by atoms with Crippen molar-refractivity contribution in [1.29, 1.82) is 0 Å². The molecule has 1 heteroatoms. The minimum atomic E-state index is -0.576. The lowest BCUT2D eigenvalue weighted by Crippen LogP contribution is -2.28. The van der Waals surface area contributed by atoms with E-state index in [9.17, 15) is 0 Å². The van der Waals surface area contributed by atoms with Gasteiger partial charge in [-0.1, -0.05) is 263 Å². The number of hydrogen-bond acceptors (Lipinski definition) is 1. The first kappa shape index (κ1) is 44.7. The molecule has 0 N–H and O–H groups in total. The van der Waals surface area contributed by atoms with Crippen LogP contribution in [-0.2, 0) is 16.2 Å². The van der Waals surface area contributed by atoms with E-state index in [1.54, 1.807) is 0 Å². The smallest absolute Gasteiger partial charge is 0.0725 e.